The van der Waals surface area contributed by atoms with Gasteiger partial charge in [-0.25, -0.2) is 9.48 Å². The first-order valence-corrected chi connectivity index (χ1v) is 5.53. The number of aryl methyl sites for hydroxylation is 1. The Labute approximate surface area is 103 Å². The monoisotopic (exact) mass is 244 g/mol. The van der Waals surface area contributed by atoms with Crippen LogP contribution in [-0.4, -0.2) is 20.9 Å². The molecule has 0 aliphatic carbocycles. The van der Waals surface area contributed by atoms with Crippen LogP contribution in [0.5, 0.6) is 0 Å². The van der Waals surface area contributed by atoms with Crippen LogP contribution in [0, 0.1) is 0 Å². The van der Waals surface area contributed by atoms with Gasteiger partial charge in [0.2, 0.25) is 0 Å². The minimum Gasteiger partial charge on any atom is -0.478 e. The van der Waals surface area contributed by atoms with E-state index in [-0.39, 0.29) is 11.1 Å². The van der Waals surface area contributed by atoms with Crippen LogP contribution in [0.4, 0.5) is 0 Å². The molecule has 2 rings (SSSR count). The zero-order valence-electron chi connectivity index (χ0n) is 9.83. The summed E-state index contributed by atoms with van der Waals surface area (Å²) in [5.41, 5.74) is 1.29. The van der Waals surface area contributed by atoms with Crippen LogP contribution in [0.15, 0.2) is 41.2 Å². The largest absolute Gasteiger partial charge is 0.478 e. The van der Waals surface area contributed by atoms with E-state index >= 15 is 0 Å². The summed E-state index contributed by atoms with van der Waals surface area (Å²) in [5, 5.41) is 13.1. The van der Waals surface area contributed by atoms with Crippen molar-refractivity contribution in [2.75, 3.05) is 0 Å². The van der Waals surface area contributed by atoms with Gasteiger partial charge in [0.1, 0.15) is 0 Å². The highest BCUT2D eigenvalue weighted by Crippen LogP contribution is 2.17. The molecule has 0 radical (unpaired) electrons. The van der Waals surface area contributed by atoms with E-state index in [1.807, 2.05) is 6.92 Å². The molecular weight excluding hydrogens is 232 g/mol. The van der Waals surface area contributed by atoms with Crippen LogP contribution in [-0.2, 0) is 6.54 Å². The minimum absolute atomic E-state index is 0.171. The SMILES string of the molecule is CCn1nc(-c2cccc(C(=O)O)c2)ccc1=O. The van der Waals surface area contributed by atoms with Crippen LogP contribution in [0.3, 0.4) is 0 Å². The van der Waals surface area contributed by atoms with E-state index in [2.05, 4.69) is 5.10 Å². The lowest BCUT2D eigenvalue weighted by Gasteiger charge is -2.05. The van der Waals surface area contributed by atoms with Crippen molar-refractivity contribution in [2.24, 2.45) is 0 Å². The molecule has 1 aromatic heterocycles. The van der Waals surface area contributed by atoms with E-state index in [4.69, 9.17) is 5.11 Å². The molecule has 0 saturated carbocycles. The minimum atomic E-state index is -0.985. The number of carbonyl (C=O) groups is 1. The van der Waals surface area contributed by atoms with Gasteiger partial charge in [0, 0.05) is 18.2 Å². The first kappa shape index (κ1) is 12.0. The predicted octanol–water partition coefficient (Wildman–Crippen LogP) is 1.63. The molecule has 92 valence electrons. The van der Waals surface area contributed by atoms with Gasteiger partial charge in [-0.3, -0.25) is 4.79 Å². The van der Waals surface area contributed by atoms with Crippen molar-refractivity contribution in [1.29, 1.82) is 0 Å². The van der Waals surface area contributed by atoms with E-state index in [1.165, 1.54) is 22.9 Å². The molecule has 2 aromatic rings. The van der Waals surface area contributed by atoms with Gasteiger partial charge in [-0.05, 0) is 25.1 Å². The lowest BCUT2D eigenvalue weighted by Crippen LogP contribution is -2.21. The molecule has 18 heavy (non-hydrogen) atoms. The quantitative estimate of drug-likeness (QED) is 0.890. The van der Waals surface area contributed by atoms with Crippen molar-refractivity contribution in [3.05, 3.63) is 52.3 Å². The third kappa shape index (κ3) is 2.29. The molecule has 0 atom stereocenters. The fraction of sp³-hybridized carbons (Fsp3) is 0.154. The Kier molecular flexibility index (Phi) is 3.23. The average molecular weight is 244 g/mol. The summed E-state index contributed by atoms with van der Waals surface area (Å²) < 4.78 is 1.34. The van der Waals surface area contributed by atoms with Crippen molar-refractivity contribution < 1.29 is 9.90 Å². The Bertz CT molecular complexity index is 647. The Morgan fingerprint density at radius 2 is 2.11 bits per heavy atom. The van der Waals surface area contributed by atoms with Gasteiger partial charge in [-0.15, -0.1) is 0 Å². The molecule has 0 spiro atoms. The predicted molar refractivity (Wildman–Crippen MR) is 66.6 cm³/mol. The second-order valence-electron chi connectivity index (χ2n) is 3.76. The fourth-order valence-corrected chi connectivity index (χ4v) is 1.64. The summed E-state index contributed by atoms with van der Waals surface area (Å²) in [6.45, 7) is 2.30. The zero-order chi connectivity index (χ0) is 13.1. The topological polar surface area (TPSA) is 72.2 Å². The van der Waals surface area contributed by atoms with Gasteiger partial charge in [0.05, 0.1) is 11.3 Å². The molecule has 5 nitrogen and oxygen atoms in total. The van der Waals surface area contributed by atoms with Crippen LogP contribution in [0.2, 0.25) is 0 Å². The smallest absolute Gasteiger partial charge is 0.335 e. The maximum atomic E-state index is 11.4. The number of aromatic nitrogens is 2. The van der Waals surface area contributed by atoms with Crippen molar-refractivity contribution in [2.45, 2.75) is 13.5 Å². The fourth-order valence-electron chi connectivity index (χ4n) is 1.64. The summed E-state index contributed by atoms with van der Waals surface area (Å²) in [7, 11) is 0. The zero-order valence-corrected chi connectivity index (χ0v) is 9.83. The van der Waals surface area contributed by atoms with Crippen molar-refractivity contribution >= 4 is 5.97 Å². The maximum absolute atomic E-state index is 11.4. The number of hydrogen-bond donors (Lipinski definition) is 1. The Morgan fingerprint density at radius 3 is 2.78 bits per heavy atom. The van der Waals surface area contributed by atoms with Gasteiger partial charge >= 0.3 is 5.97 Å². The highest BCUT2D eigenvalue weighted by molar-refractivity contribution is 5.89. The molecule has 0 bridgehead atoms. The van der Waals surface area contributed by atoms with E-state index < -0.39 is 5.97 Å². The lowest BCUT2D eigenvalue weighted by atomic mass is 10.1. The lowest BCUT2D eigenvalue weighted by molar-refractivity contribution is 0.0697. The first-order chi connectivity index (χ1) is 8.61. The summed E-state index contributed by atoms with van der Waals surface area (Å²) >= 11 is 0. The molecule has 0 unspecified atom stereocenters. The molecule has 0 fully saturated rings. The van der Waals surface area contributed by atoms with Crippen LogP contribution in [0.1, 0.15) is 17.3 Å². The van der Waals surface area contributed by atoms with Crippen molar-refractivity contribution in [3.63, 3.8) is 0 Å². The van der Waals surface area contributed by atoms with Gasteiger partial charge in [0.15, 0.2) is 0 Å². The molecule has 0 aliphatic rings. The molecule has 0 saturated heterocycles. The second-order valence-corrected chi connectivity index (χ2v) is 3.76. The van der Waals surface area contributed by atoms with Gasteiger partial charge in [0.25, 0.3) is 5.56 Å². The van der Waals surface area contributed by atoms with E-state index in [9.17, 15) is 9.59 Å². The average Bonchev–Trinajstić information content (AvgIpc) is 2.39. The number of carboxylic acids is 1. The molecular formula is C13H12N2O3. The molecule has 1 heterocycles. The normalized spacial score (nSPS) is 10.3. The number of benzene rings is 1. The molecule has 1 N–H and O–H groups in total. The Morgan fingerprint density at radius 1 is 1.33 bits per heavy atom. The second kappa shape index (κ2) is 4.83. The van der Waals surface area contributed by atoms with E-state index in [1.54, 1.807) is 18.2 Å². The Hall–Kier alpha value is -2.43. The third-order valence-electron chi connectivity index (χ3n) is 2.57. The maximum Gasteiger partial charge on any atom is 0.335 e. The molecule has 1 aromatic carbocycles. The van der Waals surface area contributed by atoms with Gasteiger partial charge in [-0.1, -0.05) is 12.1 Å². The van der Waals surface area contributed by atoms with Crippen LogP contribution in [0.25, 0.3) is 11.3 Å². The highest BCUT2D eigenvalue weighted by atomic mass is 16.4. The summed E-state index contributed by atoms with van der Waals surface area (Å²) in [5.74, 6) is -0.985. The third-order valence-corrected chi connectivity index (χ3v) is 2.57. The standard InChI is InChI=1S/C13H12N2O3/c1-2-15-12(16)7-6-11(14-15)9-4-3-5-10(8-9)13(17)18/h3-8H,2H2,1H3,(H,17,18). The van der Waals surface area contributed by atoms with Gasteiger partial charge in [-0.2, -0.15) is 5.10 Å². The van der Waals surface area contributed by atoms with Crippen molar-refractivity contribution in [3.8, 4) is 11.3 Å². The molecule has 0 aliphatic heterocycles. The Balaban J connectivity index is 2.51. The number of aromatic carboxylic acids is 1. The molecule has 5 heteroatoms. The summed E-state index contributed by atoms with van der Waals surface area (Å²) in [4.78, 5) is 22.3. The number of hydrogen-bond acceptors (Lipinski definition) is 3. The van der Waals surface area contributed by atoms with Crippen molar-refractivity contribution in [1.82, 2.24) is 9.78 Å². The first-order valence-electron chi connectivity index (χ1n) is 5.53. The van der Waals surface area contributed by atoms with Crippen LogP contribution >= 0.6 is 0 Å². The highest BCUT2D eigenvalue weighted by Gasteiger charge is 2.06. The van der Waals surface area contributed by atoms with E-state index in [0.29, 0.717) is 17.8 Å². The number of carboxylic acid groups (broad SMARTS) is 1. The summed E-state index contributed by atoms with van der Waals surface area (Å²) in [6.07, 6.45) is 0. The van der Waals surface area contributed by atoms with E-state index in [0.717, 1.165) is 0 Å². The van der Waals surface area contributed by atoms with Crippen LogP contribution < -0.4 is 5.56 Å². The number of nitrogens with zero attached hydrogens (tertiary/aromatic N) is 2. The van der Waals surface area contributed by atoms with Gasteiger partial charge < -0.3 is 5.11 Å². The summed E-state index contributed by atoms with van der Waals surface area (Å²) in [6, 6.07) is 9.49. The molecule has 0 amide bonds. The number of rotatable bonds is 3.